The third-order valence-corrected chi connectivity index (χ3v) is 6.24. The molecule has 0 radical (unpaired) electrons. The third kappa shape index (κ3) is 8.09. The molecule has 0 N–H and O–H groups in total. The van der Waals surface area contributed by atoms with E-state index in [0.717, 1.165) is 44.6 Å². The summed E-state index contributed by atoms with van der Waals surface area (Å²) in [6.45, 7) is 13.2. The number of allylic oxidation sites excluding steroid dienone is 8. The van der Waals surface area contributed by atoms with Crippen LogP contribution in [-0.4, -0.2) is 5.43 Å². The van der Waals surface area contributed by atoms with Crippen LogP contribution in [0.1, 0.15) is 39.2 Å². The minimum Gasteiger partial charge on any atom is -1.00 e. The number of rotatable bonds is 2. The number of halogens is 2. The molecule has 0 saturated carbocycles. The first kappa shape index (κ1) is 32.4. The second-order valence-corrected chi connectivity index (χ2v) is 19.0. The van der Waals surface area contributed by atoms with E-state index in [9.17, 15) is 0 Å². The molecule has 4 aromatic rings. The fourth-order valence-corrected chi connectivity index (χ4v) is 4.00. The van der Waals surface area contributed by atoms with Crippen LogP contribution in [0, 0.1) is 24.0 Å². The van der Waals surface area contributed by atoms with E-state index >= 15 is 0 Å². The van der Waals surface area contributed by atoms with Crippen molar-refractivity contribution in [2.24, 2.45) is 11.8 Å². The molecule has 0 spiro atoms. The van der Waals surface area contributed by atoms with Crippen LogP contribution in [0.3, 0.4) is 0 Å². The van der Waals surface area contributed by atoms with Crippen molar-refractivity contribution in [1.82, 2.24) is 0 Å². The molecule has 0 amide bonds. The number of benzene rings is 2. The third-order valence-electron chi connectivity index (χ3n) is 6.24. The summed E-state index contributed by atoms with van der Waals surface area (Å²) < 4.78 is 11.6. The molecular formula is C32H32Cl2O2SiZr-2. The molecule has 2 aromatic carbocycles. The largest absolute Gasteiger partial charge is 1.00 e. The first-order valence-electron chi connectivity index (χ1n) is 12.3. The Morgan fingerprint density at radius 2 is 1.03 bits per heavy atom. The van der Waals surface area contributed by atoms with Crippen LogP contribution in [0.2, 0.25) is 13.1 Å². The Kier molecular flexibility index (Phi) is 12.4. The van der Waals surface area contributed by atoms with Gasteiger partial charge in [0.1, 0.15) is 11.2 Å². The number of para-hydroxylation sites is 2. The van der Waals surface area contributed by atoms with Gasteiger partial charge in [-0.1, -0.05) is 88.1 Å². The van der Waals surface area contributed by atoms with Gasteiger partial charge in [0.2, 0.25) is 0 Å². The Labute approximate surface area is 254 Å². The van der Waals surface area contributed by atoms with Gasteiger partial charge in [0, 0.05) is 22.3 Å². The number of hydrogen-bond acceptors (Lipinski definition) is 2. The summed E-state index contributed by atoms with van der Waals surface area (Å²) >= 11 is 1.74. The number of furan rings is 2. The van der Waals surface area contributed by atoms with Crippen LogP contribution in [0.25, 0.3) is 33.1 Å². The molecule has 196 valence electrons. The minimum absolute atomic E-state index is 0. The minimum atomic E-state index is 0. The fraction of sp³-hybridized carbons (Fsp3) is 0.250. The molecule has 2 aromatic heterocycles. The van der Waals surface area contributed by atoms with Crippen LogP contribution < -0.4 is 24.8 Å². The van der Waals surface area contributed by atoms with E-state index in [-0.39, 0.29) is 30.2 Å². The van der Waals surface area contributed by atoms with Crippen LogP contribution >= 0.6 is 0 Å². The van der Waals surface area contributed by atoms with Crippen molar-refractivity contribution in [3.05, 3.63) is 108 Å². The van der Waals surface area contributed by atoms with Gasteiger partial charge in [-0.3, -0.25) is 0 Å². The van der Waals surface area contributed by atoms with E-state index in [4.69, 9.17) is 8.83 Å². The Bertz CT molecular complexity index is 1360. The quantitative estimate of drug-likeness (QED) is 0.249. The van der Waals surface area contributed by atoms with Crippen LogP contribution in [0.4, 0.5) is 0 Å². The predicted octanol–water partition coefficient (Wildman–Crippen LogP) is 3.22. The molecule has 2 nitrogen and oxygen atoms in total. The topological polar surface area (TPSA) is 26.3 Å². The maximum Gasteiger partial charge on any atom is -1.00 e. The maximum absolute atomic E-state index is 5.80. The molecule has 38 heavy (non-hydrogen) atoms. The summed E-state index contributed by atoms with van der Waals surface area (Å²) in [6, 6.07) is 20.3. The summed E-state index contributed by atoms with van der Waals surface area (Å²) in [4.78, 5) is 0. The van der Waals surface area contributed by atoms with Crippen LogP contribution in [0.15, 0.2) is 92.8 Å². The van der Waals surface area contributed by atoms with E-state index in [1.165, 1.54) is 11.1 Å². The summed E-state index contributed by atoms with van der Waals surface area (Å²) in [5.74, 6) is 2.65. The average molecular weight is 639 g/mol. The van der Waals surface area contributed by atoms with Gasteiger partial charge in [-0.2, -0.15) is 35.5 Å². The predicted molar refractivity (Wildman–Crippen MR) is 149 cm³/mol. The molecule has 6 rings (SSSR count). The van der Waals surface area contributed by atoms with Gasteiger partial charge < -0.3 is 33.6 Å². The molecule has 2 unspecified atom stereocenters. The van der Waals surface area contributed by atoms with E-state index in [1.807, 2.05) is 36.4 Å². The average Bonchev–Trinajstić information content (AvgIpc) is 3.60. The molecule has 2 aliphatic carbocycles. The van der Waals surface area contributed by atoms with E-state index < -0.39 is 0 Å². The fourth-order valence-electron chi connectivity index (χ4n) is 4.00. The molecule has 2 atom stereocenters. The Hall–Kier alpha value is -1.84. The molecule has 2 aliphatic rings. The van der Waals surface area contributed by atoms with Gasteiger partial charge >= 0.3 is 41.9 Å². The van der Waals surface area contributed by atoms with Crippen molar-refractivity contribution in [3.63, 3.8) is 0 Å². The summed E-state index contributed by atoms with van der Waals surface area (Å²) in [7, 11) is 0. The normalized spacial score (nSPS) is 17.6. The monoisotopic (exact) mass is 636 g/mol. The van der Waals surface area contributed by atoms with Gasteiger partial charge in [-0.15, -0.1) is 11.1 Å². The van der Waals surface area contributed by atoms with Gasteiger partial charge in [-0.25, -0.2) is 0 Å². The summed E-state index contributed by atoms with van der Waals surface area (Å²) in [5, 5.41) is 2.30. The van der Waals surface area contributed by atoms with Crippen molar-refractivity contribution in [1.29, 1.82) is 0 Å². The zero-order valence-electron chi connectivity index (χ0n) is 22.7. The molecular weight excluding hydrogens is 607 g/mol. The smallest absolute Gasteiger partial charge is 1.00 e. The molecule has 6 heteroatoms. The van der Waals surface area contributed by atoms with Crippen molar-refractivity contribution in [2.75, 3.05) is 0 Å². The van der Waals surface area contributed by atoms with Gasteiger partial charge in [-0.05, 0) is 12.1 Å². The van der Waals surface area contributed by atoms with Gasteiger partial charge in [0.05, 0.1) is 0 Å². The zero-order valence-corrected chi connectivity index (χ0v) is 27.6. The first-order chi connectivity index (χ1) is 17.2. The van der Waals surface area contributed by atoms with Gasteiger partial charge in [0.25, 0.3) is 0 Å². The second-order valence-electron chi connectivity index (χ2n) is 9.63. The number of hydrogen-bond donors (Lipinski definition) is 0. The summed E-state index contributed by atoms with van der Waals surface area (Å²) in [6.07, 6.45) is 11.1. The molecule has 0 saturated heterocycles. The molecule has 0 bridgehead atoms. The Morgan fingerprint density at radius 1 is 0.684 bits per heavy atom. The first-order valence-corrected chi connectivity index (χ1v) is 18.5. The van der Waals surface area contributed by atoms with E-state index in [2.05, 4.69) is 89.4 Å². The van der Waals surface area contributed by atoms with Gasteiger partial charge in [0.15, 0.2) is 0 Å². The molecule has 0 aliphatic heterocycles. The maximum atomic E-state index is 5.80. The van der Waals surface area contributed by atoms with Crippen LogP contribution in [-0.2, 0) is 23.3 Å². The summed E-state index contributed by atoms with van der Waals surface area (Å²) in [5.41, 5.74) is 6.95. The molecule has 2 heterocycles. The zero-order chi connectivity index (χ0) is 25.8. The Morgan fingerprint density at radius 3 is 1.32 bits per heavy atom. The van der Waals surface area contributed by atoms with E-state index in [0.29, 0.717) is 11.8 Å². The number of fused-ring (bicyclic) bond motifs is 2. The van der Waals surface area contributed by atoms with E-state index in [1.54, 1.807) is 23.3 Å². The molecule has 0 fully saturated rings. The van der Waals surface area contributed by atoms with Crippen molar-refractivity contribution < 1.29 is 57.0 Å². The van der Waals surface area contributed by atoms with Crippen molar-refractivity contribution in [2.45, 2.75) is 40.8 Å². The Balaban J connectivity index is 0.000000224. The van der Waals surface area contributed by atoms with Crippen molar-refractivity contribution in [3.8, 4) is 0 Å². The standard InChI is InChI=1S/2C15H13O.C2H6Si.2ClH.Zr/c2*1-10-7-13(8-11(10)2)15-9-12-5-3-4-6-14(12)16-15;1-3-2;;;/h2*3-7,9,11H,1-2H3;1-2H3;2*1H;/q2*-1;;;;+2/p-2. The van der Waals surface area contributed by atoms with Crippen molar-refractivity contribution >= 4 is 38.5 Å². The SMILES string of the molecule is CC1=CC(c2cc3ccccc3o2)=[C-]C1C.CC1=CC(c2cc3ccccc3o2)=[C-]C1C.C[Si](C)=[Zr+2].[Cl-].[Cl-]. The van der Waals surface area contributed by atoms with Crippen LogP contribution in [0.5, 0.6) is 0 Å². The second kappa shape index (κ2) is 14.5.